The first-order valence-electron chi connectivity index (χ1n) is 5.46. The summed E-state index contributed by atoms with van der Waals surface area (Å²) in [4.78, 5) is 10.8. The molecule has 0 saturated heterocycles. The van der Waals surface area contributed by atoms with Crippen LogP contribution in [0.5, 0.6) is 0 Å². The molecule has 0 radical (unpaired) electrons. The average Bonchev–Trinajstić information content (AvgIpc) is 2.69. The Hall–Kier alpha value is -1.73. The van der Waals surface area contributed by atoms with Crippen LogP contribution in [0.1, 0.15) is 36.2 Å². The van der Waals surface area contributed by atoms with E-state index in [4.69, 9.17) is 0 Å². The summed E-state index contributed by atoms with van der Waals surface area (Å²) in [6.07, 6.45) is -3.28. The molecule has 1 aliphatic rings. The van der Waals surface area contributed by atoms with E-state index in [1.54, 1.807) is 6.92 Å². The molecule has 0 bridgehead atoms. The molecule has 1 N–H and O–H groups in total. The van der Waals surface area contributed by atoms with Crippen molar-refractivity contribution in [2.45, 2.75) is 38.0 Å². The molecule has 1 aromatic rings. The van der Waals surface area contributed by atoms with Gasteiger partial charge in [-0.05, 0) is 12.8 Å². The van der Waals surface area contributed by atoms with E-state index >= 15 is 0 Å². The van der Waals surface area contributed by atoms with Crippen molar-refractivity contribution < 1.29 is 23.1 Å². The van der Waals surface area contributed by atoms with Crippen LogP contribution in [0.2, 0.25) is 0 Å². The first-order chi connectivity index (χ1) is 8.34. The Bertz CT molecular complexity index is 469. The van der Waals surface area contributed by atoms with Crippen LogP contribution in [0.15, 0.2) is 6.20 Å². The Balaban J connectivity index is 2.47. The van der Waals surface area contributed by atoms with Crippen molar-refractivity contribution in [3.63, 3.8) is 0 Å². The molecule has 0 aromatic carbocycles. The van der Waals surface area contributed by atoms with E-state index in [9.17, 15) is 23.1 Å². The lowest BCUT2D eigenvalue weighted by molar-refractivity contribution is -0.255. The number of nitrogens with zero attached hydrogens (tertiary/aromatic N) is 2. The lowest BCUT2D eigenvalue weighted by atomic mass is 10.0. The molecule has 2 heterocycles. The molecule has 0 saturated carbocycles. The average molecular weight is 262 g/mol. The second-order valence-electron chi connectivity index (χ2n) is 4.18. The number of aromatic nitrogens is 2. The predicted molar refractivity (Wildman–Crippen MR) is 54.0 cm³/mol. The molecular formula is C10H11F3N3O2-. The van der Waals surface area contributed by atoms with Crippen molar-refractivity contribution in [3.05, 3.63) is 11.8 Å². The van der Waals surface area contributed by atoms with E-state index in [0.717, 1.165) is 6.20 Å². The maximum Gasteiger partial charge on any atom is 0.410 e. The number of carbonyl (C=O) groups excluding carboxylic acids is 1. The van der Waals surface area contributed by atoms with Gasteiger partial charge < -0.3 is 15.2 Å². The minimum Gasteiger partial charge on any atom is -0.545 e. The molecule has 1 aliphatic heterocycles. The summed E-state index contributed by atoms with van der Waals surface area (Å²) in [6, 6.07) is -2.23. The second-order valence-corrected chi connectivity index (χ2v) is 4.18. The fraction of sp³-hybridized carbons (Fsp3) is 0.600. The molecule has 0 spiro atoms. The molecule has 0 aliphatic carbocycles. The molecule has 8 heteroatoms. The fourth-order valence-electron chi connectivity index (χ4n) is 2.05. The van der Waals surface area contributed by atoms with Crippen molar-refractivity contribution >= 4 is 11.8 Å². The number of carboxylic acids is 1. The molecule has 0 fully saturated rings. The maximum atomic E-state index is 12.9. The third-order valence-electron chi connectivity index (χ3n) is 3.03. The molecular weight excluding hydrogens is 251 g/mol. The number of hydrogen-bond acceptors (Lipinski definition) is 4. The number of halogens is 3. The van der Waals surface area contributed by atoms with Gasteiger partial charge in [-0.2, -0.15) is 18.3 Å². The third kappa shape index (κ3) is 2.02. The van der Waals surface area contributed by atoms with Gasteiger partial charge in [0.2, 0.25) is 0 Å². The van der Waals surface area contributed by atoms with Crippen molar-refractivity contribution in [1.29, 1.82) is 0 Å². The quantitative estimate of drug-likeness (QED) is 0.861. The number of fused-ring (bicyclic) bond motifs is 1. The number of hydrogen-bond donors (Lipinski definition) is 1. The maximum absolute atomic E-state index is 12.9. The lowest BCUT2D eigenvalue weighted by Gasteiger charge is -2.33. The zero-order chi connectivity index (χ0) is 13.5. The molecule has 18 heavy (non-hydrogen) atoms. The van der Waals surface area contributed by atoms with Gasteiger partial charge in [0.15, 0.2) is 6.04 Å². The van der Waals surface area contributed by atoms with Gasteiger partial charge in [-0.25, -0.2) is 4.68 Å². The summed E-state index contributed by atoms with van der Waals surface area (Å²) >= 11 is 0. The summed E-state index contributed by atoms with van der Waals surface area (Å²) in [5, 5.41) is 17.1. The Morgan fingerprint density at radius 2 is 2.33 bits per heavy atom. The first kappa shape index (κ1) is 12.7. The van der Waals surface area contributed by atoms with Gasteiger partial charge in [0.25, 0.3) is 0 Å². The van der Waals surface area contributed by atoms with E-state index in [1.807, 2.05) is 0 Å². The Labute approximate surface area is 101 Å². The first-order valence-corrected chi connectivity index (χ1v) is 5.46. The largest absolute Gasteiger partial charge is 0.545 e. The van der Waals surface area contributed by atoms with E-state index < -0.39 is 24.2 Å². The molecule has 0 amide bonds. The topological polar surface area (TPSA) is 70.0 Å². The van der Waals surface area contributed by atoms with E-state index in [0.29, 0.717) is 11.1 Å². The van der Waals surface area contributed by atoms with Crippen LogP contribution in [-0.4, -0.2) is 28.0 Å². The monoisotopic (exact) mass is 262 g/mol. The van der Waals surface area contributed by atoms with Crippen molar-refractivity contribution in [3.8, 4) is 0 Å². The summed E-state index contributed by atoms with van der Waals surface area (Å²) < 4.78 is 39.3. The van der Waals surface area contributed by atoms with Gasteiger partial charge in [-0.3, -0.25) is 0 Å². The Morgan fingerprint density at radius 1 is 1.67 bits per heavy atom. The fourth-order valence-corrected chi connectivity index (χ4v) is 2.05. The van der Waals surface area contributed by atoms with Crippen LogP contribution >= 0.6 is 0 Å². The van der Waals surface area contributed by atoms with Gasteiger partial charge in [-0.1, -0.05) is 6.92 Å². The number of carboxylic acid groups (broad SMARTS) is 1. The zero-order valence-electron chi connectivity index (χ0n) is 9.49. The highest BCUT2D eigenvalue weighted by Crippen LogP contribution is 2.40. The lowest BCUT2D eigenvalue weighted by Crippen LogP contribution is -2.39. The standard InChI is InChI=1S/C10H12F3N3O2/c1-2-5-3-7(10(11,12)13)16-8(15-5)6(4-14-16)9(17)18/h4-5,7,15H,2-3H2,1H3,(H,17,18)/p-1/t5-,7+/m1/s1. The highest BCUT2D eigenvalue weighted by molar-refractivity contribution is 5.91. The minimum atomic E-state index is -4.46. The molecule has 1 aromatic heterocycles. The van der Waals surface area contributed by atoms with E-state index in [-0.39, 0.29) is 17.8 Å². The number of carbonyl (C=O) groups is 1. The number of rotatable bonds is 2. The van der Waals surface area contributed by atoms with Crippen molar-refractivity contribution in [2.24, 2.45) is 0 Å². The summed E-state index contributed by atoms with van der Waals surface area (Å²) in [6.45, 7) is 1.73. The molecule has 100 valence electrons. The summed E-state index contributed by atoms with van der Waals surface area (Å²) in [5.41, 5.74) is -0.345. The molecule has 5 nitrogen and oxygen atoms in total. The molecule has 2 rings (SSSR count). The van der Waals surface area contributed by atoms with Crippen LogP contribution in [0, 0.1) is 0 Å². The number of aromatic carboxylic acids is 1. The zero-order valence-corrected chi connectivity index (χ0v) is 9.49. The van der Waals surface area contributed by atoms with Crippen molar-refractivity contribution in [2.75, 3.05) is 5.32 Å². The van der Waals surface area contributed by atoms with Gasteiger partial charge in [-0.15, -0.1) is 0 Å². The van der Waals surface area contributed by atoms with Gasteiger partial charge in [0, 0.05) is 6.04 Å². The highest BCUT2D eigenvalue weighted by Gasteiger charge is 2.46. The molecule has 0 unspecified atom stereocenters. The Morgan fingerprint density at radius 3 is 2.83 bits per heavy atom. The molecule has 2 atom stereocenters. The van der Waals surface area contributed by atoms with E-state index in [2.05, 4.69) is 10.4 Å². The summed E-state index contributed by atoms with van der Waals surface area (Å²) in [5.74, 6) is -1.67. The Kier molecular flexibility index (Phi) is 2.95. The number of anilines is 1. The summed E-state index contributed by atoms with van der Waals surface area (Å²) in [7, 11) is 0. The van der Waals surface area contributed by atoms with Crippen LogP contribution in [0.3, 0.4) is 0 Å². The van der Waals surface area contributed by atoms with Crippen LogP contribution in [-0.2, 0) is 0 Å². The van der Waals surface area contributed by atoms with Gasteiger partial charge >= 0.3 is 6.18 Å². The smallest absolute Gasteiger partial charge is 0.410 e. The second kappa shape index (κ2) is 4.18. The number of nitrogens with one attached hydrogen (secondary N) is 1. The SMILES string of the molecule is CC[C@@H]1C[C@@H](C(F)(F)F)n2ncc(C(=O)[O-])c2N1. The van der Waals surface area contributed by atoms with Crippen LogP contribution in [0.25, 0.3) is 0 Å². The van der Waals surface area contributed by atoms with E-state index in [1.165, 1.54) is 0 Å². The normalized spacial score (nSPS) is 23.3. The van der Waals surface area contributed by atoms with Crippen LogP contribution < -0.4 is 10.4 Å². The van der Waals surface area contributed by atoms with Gasteiger partial charge in [0.1, 0.15) is 5.82 Å². The van der Waals surface area contributed by atoms with Gasteiger partial charge in [0.05, 0.1) is 17.7 Å². The number of alkyl halides is 3. The van der Waals surface area contributed by atoms with Crippen molar-refractivity contribution in [1.82, 2.24) is 9.78 Å². The minimum absolute atomic E-state index is 0.129. The predicted octanol–water partition coefficient (Wildman–Crippen LogP) is 0.944. The van der Waals surface area contributed by atoms with Crippen LogP contribution in [0.4, 0.5) is 19.0 Å². The third-order valence-corrected chi connectivity index (χ3v) is 3.03. The highest BCUT2D eigenvalue weighted by atomic mass is 19.4.